The molecule has 2 aliphatic rings. The molecule has 0 aromatic carbocycles. The minimum absolute atomic E-state index is 0.512. The van der Waals surface area contributed by atoms with E-state index in [-0.39, 0.29) is 0 Å². The van der Waals surface area contributed by atoms with Crippen molar-refractivity contribution in [3.63, 3.8) is 0 Å². The average Bonchev–Trinajstić information content (AvgIpc) is 2.83. The van der Waals surface area contributed by atoms with Gasteiger partial charge in [0.25, 0.3) is 0 Å². The van der Waals surface area contributed by atoms with Crippen molar-refractivity contribution in [3.05, 3.63) is 20.8 Å². The molecule has 0 amide bonds. The van der Waals surface area contributed by atoms with Gasteiger partial charge in [-0.05, 0) is 58.8 Å². The lowest BCUT2D eigenvalue weighted by atomic mass is 9.80. The van der Waals surface area contributed by atoms with Gasteiger partial charge in [-0.1, -0.05) is 0 Å². The van der Waals surface area contributed by atoms with Crippen LogP contribution in [0.2, 0.25) is 0 Å². The summed E-state index contributed by atoms with van der Waals surface area (Å²) in [4.78, 5) is 0. The van der Waals surface area contributed by atoms with Crippen LogP contribution < -0.4 is 0 Å². The van der Waals surface area contributed by atoms with E-state index in [0.717, 1.165) is 22.4 Å². The fraction of sp³-hybridized carbons (Fsp3) is 0.636. The van der Waals surface area contributed by atoms with Crippen LogP contribution in [0, 0.1) is 11.8 Å². The summed E-state index contributed by atoms with van der Waals surface area (Å²) in [6, 6.07) is 0. The standard InChI is InChI=1S/C11H13BrOS/c12-10-6-14-5-9(10)11(13)3-1-2-7-4-8(7)11/h5-8,13H,1-4H2. The first-order chi connectivity index (χ1) is 6.72. The molecule has 76 valence electrons. The molecule has 0 aliphatic heterocycles. The molecule has 0 bridgehead atoms. The van der Waals surface area contributed by atoms with Crippen molar-refractivity contribution in [2.24, 2.45) is 11.8 Å². The van der Waals surface area contributed by atoms with Gasteiger partial charge in [-0.3, -0.25) is 0 Å². The first-order valence-electron chi connectivity index (χ1n) is 5.16. The molecule has 0 saturated heterocycles. The molecule has 3 unspecified atom stereocenters. The van der Waals surface area contributed by atoms with Crippen molar-refractivity contribution in [3.8, 4) is 0 Å². The van der Waals surface area contributed by atoms with Crippen molar-refractivity contribution in [2.45, 2.75) is 31.3 Å². The Morgan fingerprint density at radius 1 is 1.50 bits per heavy atom. The highest BCUT2D eigenvalue weighted by atomic mass is 79.9. The second kappa shape index (κ2) is 3.06. The van der Waals surface area contributed by atoms with Gasteiger partial charge in [0.1, 0.15) is 0 Å². The summed E-state index contributed by atoms with van der Waals surface area (Å²) in [6.45, 7) is 0. The Hall–Kier alpha value is 0.140. The zero-order valence-corrected chi connectivity index (χ0v) is 10.3. The maximum Gasteiger partial charge on any atom is 0.0946 e. The molecular weight excluding hydrogens is 260 g/mol. The number of halogens is 1. The topological polar surface area (TPSA) is 20.2 Å². The second-order valence-corrected chi connectivity index (χ2v) is 6.15. The molecule has 1 N–H and O–H groups in total. The largest absolute Gasteiger partial charge is 0.385 e. The number of fused-ring (bicyclic) bond motifs is 1. The Labute approximate surface area is 96.3 Å². The molecule has 0 radical (unpaired) electrons. The van der Waals surface area contributed by atoms with Gasteiger partial charge in [0.05, 0.1) is 5.60 Å². The first-order valence-corrected chi connectivity index (χ1v) is 6.90. The summed E-state index contributed by atoms with van der Waals surface area (Å²) in [6.07, 6.45) is 4.69. The van der Waals surface area contributed by atoms with Crippen LogP contribution in [-0.4, -0.2) is 5.11 Å². The molecule has 3 atom stereocenters. The Balaban J connectivity index is 1.99. The fourth-order valence-corrected chi connectivity index (χ4v) is 4.61. The van der Waals surface area contributed by atoms with Crippen LogP contribution in [-0.2, 0) is 5.60 Å². The predicted octanol–water partition coefficient (Wildman–Crippen LogP) is 3.52. The van der Waals surface area contributed by atoms with Crippen molar-refractivity contribution in [2.75, 3.05) is 0 Å². The Kier molecular flexibility index (Phi) is 2.05. The molecule has 1 nitrogen and oxygen atoms in total. The quantitative estimate of drug-likeness (QED) is 0.830. The van der Waals surface area contributed by atoms with E-state index < -0.39 is 5.60 Å². The molecule has 1 heterocycles. The van der Waals surface area contributed by atoms with Crippen molar-refractivity contribution in [1.82, 2.24) is 0 Å². The molecule has 1 aromatic heterocycles. The fourth-order valence-electron chi connectivity index (χ4n) is 2.90. The molecule has 3 heteroatoms. The van der Waals surface area contributed by atoms with Crippen LogP contribution in [0.15, 0.2) is 15.2 Å². The molecular formula is C11H13BrOS. The Morgan fingerprint density at radius 2 is 2.36 bits per heavy atom. The van der Waals surface area contributed by atoms with E-state index in [1.807, 2.05) is 0 Å². The van der Waals surface area contributed by atoms with Gasteiger partial charge >= 0.3 is 0 Å². The highest BCUT2D eigenvalue weighted by Crippen LogP contribution is 2.59. The zero-order chi connectivity index (χ0) is 9.76. The second-order valence-electron chi connectivity index (χ2n) is 4.55. The predicted molar refractivity (Wildman–Crippen MR) is 61.4 cm³/mol. The Morgan fingerprint density at radius 3 is 3.07 bits per heavy atom. The molecule has 0 spiro atoms. The van der Waals surface area contributed by atoms with Crippen LogP contribution in [0.3, 0.4) is 0 Å². The smallest absolute Gasteiger partial charge is 0.0946 e. The number of hydrogen-bond acceptors (Lipinski definition) is 2. The summed E-state index contributed by atoms with van der Waals surface area (Å²) < 4.78 is 1.09. The SMILES string of the molecule is OC1(c2cscc2Br)CCCC2CC21. The minimum Gasteiger partial charge on any atom is -0.385 e. The van der Waals surface area contributed by atoms with E-state index in [1.165, 1.54) is 19.3 Å². The Bertz CT molecular complexity index is 362. The van der Waals surface area contributed by atoms with Gasteiger partial charge in [-0.25, -0.2) is 0 Å². The third-order valence-electron chi connectivity index (χ3n) is 3.75. The maximum absolute atomic E-state index is 10.7. The van der Waals surface area contributed by atoms with E-state index in [9.17, 15) is 5.11 Å². The molecule has 1 aromatic rings. The molecule has 3 rings (SSSR count). The summed E-state index contributed by atoms with van der Waals surface area (Å²) in [7, 11) is 0. The van der Waals surface area contributed by atoms with Gasteiger partial charge in [0, 0.05) is 15.4 Å². The van der Waals surface area contributed by atoms with Crippen molar-refractivity contribution < 1.29 is 5.11 Å². The lowest BCUT2D eigenvalue weighted by Gasteiger charge is -2.32. The molecule has 14 heavy (non-hydrogen) atoms. The normalized spacial score (nSPS) is 40.7. The van der Waals surface area contributed by atoms with Crippen molar-refractivity contribution >= 4 is 27.3 Å². The highest BCUT2D eigenvalue weighted by molar-refractivity contribution is 9.10. The van der Waals surface area contributed by atoms with Crippen LogP contribution in [0.25, 0.3) is 0 Å². The number of thiophene rings is 1. The average molecular weight is 273 g/mol. The van der Waals surface area contributed by atoms with E-state index in [4.69, 9.17) is 0 Å². The van der Waals surface area contributed by atoms with E-state index in [0.29, 0.717) is 5.92 Å². The lowest BCUT2D eigenvalue weighted by molar-refractivity contribution is -0.0163. The van der Waals surface area contributed by atoms with Crippen LogP contribution in [0.5, 0.6) is 0 Å². The molecule has 2 saturated carbocycles. The van der Waals surface area contributed by atoms with Gasteiger partial charge < -0.3 is 5.11 Å². The third kappa shape index (κ3) is 1.22. The van der Waals surface area contributed by atoms with E-state index >= 15 is 0 Å². The van der Waals surface area contributed by atoms with E-state index in [2.05, 4.69) is 26.7 Å². The van der Waals surface area contributed by atoms with Crippen LogP contribution in [0.4, 0.5) is 0 Å². The summed E-state index contributed by atoms with van der Waals surface area (Å²) >= 11 is 5.21. The van der Waals surface area contributed by atoms with Gasteiger partial charge in [0.15, 0.2) is 0 Å². The lowest BCUT2D eigenvalue weighted by Crippen LogP contribution is -2.31. The summed E-state index contributed by atoms with van der Waals surface area (Å²) in [5.74, 6) is 1.35. The number of rotatable bonds is 1. The number of aliphatic hydroxyl groups is 1. The van der Waals surface area contributed by atoms with Gasteiger partial charge in [0.2, 0.25) is 0 Å². The van der Waals surface area contributed by atoms with Gasteiger partial charge in [-0.2, -0.15) is 11.3 Å². The van der Waals surface area contributed by atoms with Crippen LogP contribution >= 0.6 is 27.3 Å². The highest BCUT2D eigenvalue weighted by Gasteiger charge is 2.55. The molecule has 2 fully saturated rings. The van der Waals surface area contributed by atoms with E-state index in [1.54, 1.807) is 11.3 Å². The van der Waals surface area contributed by atoms with Gasteiger partial charge in [-0.15, -0.1) is 0 Å². The minimum atomic E-state index is -0.512. The number of hydrogen-bond donors (Lipinski definition) is 1. The van der Waals surface area contributed by atoms with Crippen LogP contribution in [0.1, 0.15) is 31.2 Å². The monoisotopic (exact) mass is 272 g/mol. The third-order valence-corrected chi connectivity index (χ3v) is 5.45. The van der Waals surface area contributed by atoms with Crippen molar-refractivity contribution in [1.29, 1.82) is 0 Å². The zero-order valence-electron chi connectivity index (χ0n) is 7.87. The molecule has 2 aliphatic carbocycles. The maximum atomic E-state index is 10.7. The summed E-state index contributed by atoms with van der Waals surface area (Å²) in [5.41, 5.74) is 0.622. The first kappa shape index (κ1) is 9.37. The summed E-state index contributed by atoms with van der Waals surface area (Å²) in [5, 5.41) is 14.9.